The number of benzene rings is 3. The van der Waals surface area contributed by atoms with E-state index in [1.807, 2.05) is 6.07 Å². The van der Waals surface area contributed by atoms with Gasteiger partial charge in [0.15, 0.2) is 0 Å². The molecular weight excluding hydrogens is 357 g/mol. The van der Waals surface area contributed by atoms with Crippen LogP contribution >= 0.6 is 0 Å². The molecule has 0 aliphatic heterocycles. The minimum absolute atomic E-state index is 0.247. The first kappa shape index (κ1) is 18.8. The average Bonchev–Trinajstić information content (AvgIpc) is 2.73. The minimum Gasteiger partial charge on any atom is -0.348 e. The fraction of sp³-hybridized carbons (Fsp3) is 0.0455. The highest BCUT2D eigenvalue weighted by atomic mass is 19.1. The smallest absolute Gasteiger partial charge is 0.255 e. The number of carbonyl (C=O) groups is 2. The molecule has 138 valence electrons. The number of nitriles is 1. The highest BCUT2D eigenvalue weighted by Crippen LogP contribution is 2.13. The van der Waals surface area contributed by atoms with Gasteiger partial charge in [-0.1, -0.05) is 24.3 Å². The van der Waals surface area contributed by atoms with Crippen LogP contribution in [-0.4, -0.2) is 11.8 Å². The number of nitrogens with zero attached hydrogens (tertiary/aromatic N) is 1. The molecule has 0 bridgehead atoms. The molecule has 3 aromatic rings. The van der Waals surface area contributed by atoms with Crippen molar-refractivity contribution in [3.05, 3.63) is 101 Å². The fourth-order valence-electron chi connectivity index (χ4n) is 2.56. The Bertz CT molecular complexity index is 1060. The van der Waals surface area contributed by atoms with Gasteiger partial charge < -0.3 is 10.6 Å². The van der Waals surface area contributed by atoms with Gasteiger partial charge in [-0.05, 0) is 54.1 Å². The van der Waals surface area contributed by atoms with Gasteiger partial charge in [0.25, 0.3) is 11.8 Å². The zero-order valence-corrected chi connectivity index (χ0v) is 14.8. The third-order valence-electron chi connectivity index (χ3n) is 4.00. The number of carbonyl (C=O) groups excluding carboxylic acids is 2. The van der Waals surface area contributed by atoms with Crippen molar-refractivity contribution in [2.75, 3.05) is 5.32 Å². The summed E-state index contributed by atoms with van der Waals surface area (Å²) in [5.41, 5.74) is 2.35. The largest absolute Gasteiger partial charge is 0.348 e. The van der Waals surface area contributed by atoms with Crippen molar-refractivity contribution in [2.45, 2.75) is 6.54 Å². The van der Waals surface area contributed by atoms with Gasteiger partial charge in [-0.2, -0.15) is 5.26 Å². The number of anilines is 1. The predicted octanol–water partition coefficient (Wildman–Crippen LogP) is 3.88. The first-order chi connectivity index (χ1) is 13.5. The topological polar surface area (TPSA) is 82.0 Å². The Labute approximate surface area is 161 Å². The SMILES string of the molecule is N#Cc1cccc(NC(=O)c2cccc(C(=O)NCc3ccc(F)cc3)c2)c1. The summed E-state index contributed by atoms with van der Waals surface area (Å²) in [6.45, 7) is 0.247. The highest BCUT2D eigenvalue weighted by Gasteiger charge is 2.11. The molecule has 0 radical (unpaired) electrons. The number of amides is 2. The lowest BCUT2D eigenvalue weighted by Gasteiger charge is -2.08. The van der Waals surface area contributed by atoms with Crippen LogP contribution in [0.15, 0.2) is 72.8 Å². The summed E-state index contributed by atoms with van der Waals surface area (Å²) >= 11 is 0. The van der Waals surface area contributed by atoms with Gasteiger partial charge in [0.1, 0.15) is 5.82 Å². The maximum absolute atomic E-state index is 12.9. The quantitative estimate of drug-likeness (QED) is 0.712. The van der Waals surface area contributed by atoms with Crippen molar-refractivity contribution in [3.8, 4) is 6.07 Å². The maximum atomic E-state index is 12.9. The number of rotatable bonds is 5. The lowest BCUT2D eigenvalue weighted by Crippen LogP contribution is -2.23. The van der Waals surface area contributed by atoms with Crippen LogP contribution in [0.3, 0.4) is 0 Å². The number of nitrogens with one attached hydrogen (secondary N) is 2. The normalized spacial score (nSPS) is 10.0. The molecule has 2 amide bonds. The van der Waals surface area contributed by atoms with Crippen molar-refractivity contribution in [1.29, 1.82) is 5.26 Å². The summed E-state index contributed by atoms with van der Waals surface area (Å²) in [6, 6.07) is 20.7. The molecule has 5 nitrogen and oxygen atoms in total. The van der Waals surface area contributed by atoms with Crippen molar-refractivity contribution >= 4 is 17.5 Å². The van der Waals surface area contributed by atoms with E-state index in [-0.39, 0.29) is 24.2 Å². The predicted molar refractivity (Wildman–Crippen MR) is 103 cm³/mol. The van der Waals surface area contributed by atoms with Gasteiger partial charge in [0.05, 0.1) is 11.6 Å². The summed E-state index contributed by atoms with van der Waals surface area (Å²) in [5.74, 6) is -1.07. The Kier molecular flexibility index (Phi) is 5.78. The molecule has 28 heavy (non-hydrogen) atoms. The summed E-state index contributed by atoms with van der Waals surface area (Å²) in [4.78, 5) is 24.8. The van der Waals surface area contributed by atoms with Crippen molar-refractivity contribution in [2.24, 2.45) is 0 Å². The van der Waals surface area contributed by atoms with E-state index in [0.29, 0.717) is 22.4 Å². The average molecular weight is 373 g/mol. The molecule has 3 aromatic carbocycles. The third kappa shape index (κ3) is 4.80. The van der Waals surface area contributed by atoms with E-state index >= 15 is 0 Å². The van der Waals surface area contributed by atoms with E-state index in [2.05, 4.69) is 10.6 Å². The number of hydrogen-bond acceptors (Lipinski definition) is 3. The lowest BCUT2D eigenvalue weighted by atomic mass is 10.1. The van der Waals surface area contributed by atoms with Crippen LogP contribution in [-0.2, 0) is 6.54 Å². The molecule has 3 rings (SSSR count). The first-order valence-corrected chi connectivity index (χ1v) is 8.49. The van der Waals surface area contributed by atoms with Crippen LogP contribution in [0.4, 0.5) is 10.1 Å². The van der Waals surface area contributed by atoms with E-state index in [4.69, 9.17) is 5.26 Å². The van der Waals surface area contributed by atoms with Gasteiger partial charge in [0.2, 0.25) is 0 Å². The fourth-order valence-corrected chi connectivity index (χ4v) is 2.56. The Morgan fingerprint density at radius 2 is 1.57 bits per heavy atom. The lowest BCUT2D eigenvalue weighted by molar-refractivity contribution is 0.0951. The van der Waals surface area contributed by atoms with E-state index < -0.39 is 0 Å². The first-order valence-electron chi connectivity index (χ1n) is 8.49. The Morgan fingerprint density at radius 3 is 2.29 bits per heavy atom. The van der Waals surface area contributed by atoms with Crippen LogP contribution in [0.25, 0.3) is 0 Å². The second-order valence-corrected chi connectivity index (χ2v) is 6.04. The Hall–Kier alpha value is -3.98. The zero-order valence-electron chi connectivity index (χ0n) is 14.8. The van der Waals surface area contributed by atoms with Crippen LogP contribution in [0.5, 0.6) is 0 Å². The molecule has 0 spiro atoms. The van der Waals surface area contributed by atoms with Gasteiger partial charge in [-0.15, -0.1) is 0 Å². The maximum Gasteiger partial charge on any atom is 0.255 e. The summed E-state index contributed by atoms with van der Waals surface area (Å²) in [7, 11) is 0. The van der Waals surface area contributed by atoms with Crippen LogP contribution in [0.1, 0.15) is 31.8 Å². The molecule has 0 heterocycles. The highest BCUT2D eigenvalue weighted by molar-refractivity contribution is 6.06. The van der Waals surface area contributed by atoms with Crippen molar-refractivity contribution in [1.82, 2.24) is 5.32 Å². The molecule has 0 saturated carbocycles. The molecule has 0 unspecified atom stereocenters. The number of hydrogen-bond donors (Lipinski definition) is 2. The monoisotopic (exact) mass is 373 g/mol. The zero-order chi connectivity index (χ0) is 19.9. The molecule has 0 aliphatic carbocycles. The standard InChI is InChI=1S/C22H16FN3O2/c23-19-9-7-15(8-10-19)14-25-21(27)17-4-2-5-18(12-17)22(28)26-20-6-1-3-16(11-20)13-24/h1-12H,14H2,(H,25,27)(H,26,28). The van der Waals surface area contributed by atoms with Crippen molar-refractivity contribution < 1.29 is 14.0 Å². The van der Waals surface area contributed by atoms with Crippen LogP contribution in [0.2, 0.25) is 0 Å². The molecule has 0 aromatic heterocycles. The van der Waals surface area contributed by atoms with Gasteiger partial charge in [0, 0.05) is 23.4 Å². The van der Waals surface area contributed by atoms with Gasteiger partial charge >= 0.3 is 0 Å². The van der Waals surface area contributed by atoms with E-state index in [0.717, 1.165) is 5.56 Å². The summed E-state index contributed by atoms with van der Waals surface area (Å²) in [5, 5.41) is 14.4. The van der Waals surface area contributed by atoms with Gasteiger partial charge in [-0.25, -0.2) is 4.39 Å². The molecule has 0 atom stereocenters. The van der Waals surface area contributed by atoms with E-state index in [1.54, 1.807) is 54.6 Å². The summed E-state index contributed by atoms with van der Waals surface area (Å²) in [6.07, 6.45) is 0. The van der Waals surface area contributed by atoms with Crippen molar-refractivity contribution in [3.63, 3.8) is 0 Å². The molecule has 0 saturated heterocycles. The Morgan fingerprint density at radius 1 is 0.893 bits per heavy atom. The van der Waals surface area contributed by atoms with Crippen LogP contribution in [0, 0.1) is 17.1 Å². The second-order valence-electron chi connectivity index (χ2n) is 6.04. The molecule has 0 aliphatic rings. The summed E-state index contributed by atoms with van der Waals surface area (Å²) < 4.78 is 12.9. The Balaban J connectivity index is 1.66. The molecule has 6 heteroatoms. The van der Waals surface area contributed by atoms with Gasteiger partial charge in [-0.3, -0.25) is 9.59 Å². The third-order valence-corrected chi connectivity index (χ3v) is 4.00. The molecular formula is C22H16FN3O2. The van der Waals surface area contributed by atoms with Crippen LogP contribution < -0.4 is 10.6 Å². The minimum atomic E-state index is -0.386. The second kappa shape index (κ2) is 8.60. The molecule has 0 fully saturated rings. The van der Waals surface area contributed by atoms with E-state index in [9.17, 15) is 14.0 Å². The van der Waals surface area contributed by atoms with E-state index in [1.165, 1.54) is 18.2 Å². The number of halogens is 1. The molecule has 2 N–H and O–H groups in total.